The number of aliphatic hydroxyl groups excluding tert-OH is 1. The second-order valence-corrected chi connectivity index (χ2v) is 5.91. The van der Waals surface area contributed by atoms with Crippen LogP contribution in [-0.4, -0.2) is 33.9 Å². The first-order valence-corrected chi connectivity index (χ1v) is 7.37. The molecule has 0 bridgehead atoms. The summed E-state index contributed by atoms with van der Waals surface area (Å²) in [6, 6.07) is 0. The fourth-order valence-electron chi connectivity index (χ4n) is 1.63. The van der Waals surface area contributed by atoms with Crippen LogP contribution in [0.1, 0.15) is 56.2 Å². The molecule has 0 aliphatic rings. The quantitative estimate of drug-likeness (QED) is 0.749. The smallest absolute Gasteiger partial charge is 0.273 e. The Bertz CT molecular complexity index is 432. The normalized spacial score (nSPS) is 14.5. The third-order valence-electron chi connectivity index (χ3n) is 3.30. The topological polar surface area (TPSA) is 78.0 Å². The summed E-state index contributed by atoms with van der Waals surface area (Å²) in [6.45, 7) is 8.25. The number of hydrogen-bond donors (Lipinski definition) is 3. The van der Waals surface area contributed by atoms with E-state index in [2.05, 4.69) is 31.4 Å². The molecule has 1 rings (SSSR count). The third-order valence-corrected chi connectivity index (χ3v) is 4.10. The molecule has 5 nitrogen and oxygen atoms in total. The number of halogens is 1. The summed E-state index contributed by atoms with van der Waals surface area (Å²) in [5.74, 6) is 0.139. The maximum Gasteiger partial charge on any atom is 0.273 e. The molecule has 0 spiro atoms. The van der Waals surface area contributed by atoms with E-state index in [0.717, 1.165) is 12.1 Å². The summed E-state index contributed by atoms with van der Waals surface area (Å²) in [4.78, 5) is 12.0. The SMILES string of the molecule is CCC(C)C(O)CNC(=O)c1n[nH]c(C(C)C)c1Br. The van der Waals surface area contributed by atoms with E-state index in [1.807, 2.05) is 27.7 Å². The molecular weight excluding hydrogens is 310 g/mol. The Balaban J connectivity index is 2.64. The van der Waals surface area contributed by atoms with Gasteiger partial charge in [-0.25, -0.2) is 0 Å². The molecule has 2 atom stereocenters. The van der Waals surface area contributed by atoms with E-state index >= 15 is 0 Å². The van der Waals surface area contributed by atoms with Gasteiger partial charge < -0.3 is 10.4 Å². The maximum atomic E-state index is 12.0. The molecular formula is C13H22BrN3O2. The molecule has 108 valence electrons. The van der Waals surface area contributed by atoms with Gasteiger partial charge in [-0.15, -0.1) is 0 Å². The van der Waals surface area contributed by atoms with Crippen LogP contribution < -0.4 is 5.32 Å². The Morgan fingerprint density at radius 3 is 2.58 bits per heavy atom. The average molecular weight is 332 g/mol. The molecule has 0 saturated heterocycles. The van der Waals surface area contributed by atoms with Gasteiger partial charge in [-0.2, -0.15) is 5.10 Å². The molecule has 2 unspecified atom stereocenters. The molecule has 1 amide bonds. The van der Waals surface area contributed by atoms with Crippen LogP contribution in [-0.2, 0) is 0 Å². The summed E-state index contributed by atoms with van der Waals surface area (Å²) < 4.78 is 0.693. The van der Waals surface area contributed by atoms with Gasteiger partial charge in [0.25, 0.3) is 5.91 Å². The molecule has 0 aromatic carbocycles. The van der Waals surface area contributed by atoms with Crippen LogP contribution >= 0.6 is 15.9 Å². The molecule has 1 heterocycles. The summed E-state index contributed by atoms with van der Waals surface area (Å²) in [6.07, 6.45) is 0.344. The van der Waals surface area contributed by atoms with Gasteiger partial charge in [0.1, 0.15) is 0 Å². The number of nitrogens with one attached hydrogen (secondary N) is 2. The van der Waals surface area contributed by atoms with Gasteiger partial charge in [-0.3, -0.25) is 9.89 Å². The van der Waals surface area contributed by atoms with Crippen LogP contribution in [0.2, 0.25) is 0 Å². The highest BCUT2D eigenvalue weighted by atomic mass is 79.9. The number of rotatable bonds is 6. The standard InChI is InChI=1S/C13H22BrN3O2/c1-5-8(4)9(18)6-15-13(19)12-10(14)11(7(2)3)16-17-12/h7-9,18H,5-6H2,1-4H3,(H,15,19)(H,16,17). The molecule has 0 fully saturated rings. The zero-order chi connectivity index (χ0) is 14.6. The van der Waals surface area contributed by atoms with Crippen molar-refractivity contribution in [3.63, 3.8) is 0 Å². The number of aromatic amines is 1. The molecule has 6 heteroatoms. The fraction of sp³-hybridized carbons (Fsp3) is 0.692. The number of amides is 1. The number of hydrogen-bond acceptors (Lipinski definition) is 3. The monoisotopic (exact) mass is 331 g/mol. The Hall–Kier alpha value is -0.880. The number of aliphatic hydroxyl groups is 1. The van der Waals surface area contributed by atoms with E-state index in [1.54, 1.807) is 0 Å². The number of aromatic nitrogens is 2. The second kappa shape index (κ2) is 7.05. The van der Waals surface area contributed by atoms with E-state index < -0.39 is 6.10 Å². The lowest BCUT2D eigenvalue weighted by atomic mass is 10.0. The number of carbonyl (C=O) groups excluding carboxylic acids is 1. The summed E-state index contributed by atoms with van der Waals surface area (Å²) in [7, 11) is 0. The van der Waals surface area contributed by atoms with Crippen molar-refractivity contribution in [2.75, 3.05) is 6.54 Å². The van der Waals surface area contributed by atoms with Crippen molar-refractivity contribution in [1.29, 1.82) is 0 Å². The molecule has 0 aliphatic heterocycles. The van der Waals surface area contributed by atoms with Gasteiger partial charge in [0.2, 0.25) is 0 Å². The van der Waals surface area contributed by atoms with Crippen LogP contribution in [0.15, 0.2) is 4.47 Å². The summed E-state index contributed by atoms with van der Waals surface area (Å²) >= 11 is 3.39. The lowest BCUT2D eigenvalue weighted by molar-refractivity contribution is 0.0845. The van der Waals surface area contributed by atoms with Gasteiger partial charge in [-0.05, 0) is 27.8 Å². The lowest BCUT2D eigenvalue weighted by Gasteiger charge is -2.17. The Kier molecular flexibility index (Phi) is 6.00. The van der Waals surface area contributed by atoms with Crippen molar-refractivity contribution in [3.8, 4) is 0 Å². The minimum absolute atomic E-state index is 0.161. The van der Waals surface area contributed by atoms with Crippen molar-refractivity contribution in [1.82, 2.24) is 15.5 Å². The first-order chi connectivity index (χ1) is 8.88. The van der Waals surface area contributed by atoms with Gasteiger partial charge >= 0.3 is 0 Å². The Morgan fingerprint density at radius 1 is 1.47 bits per heavy atom. The minimum Gasteiger partial charge on any atom is -0.391 e. The van der Waals surface area contributed by atoms with Crippen molar-refractivity contribution in [3.05, 3.63) is 15.9 Å². The molecule has 3 N–H and O–H groups in total. The molecule has 1 aromatic heterocycles. The molecule has 0 radical (unpaired) electrons. The van der Waals surface area contributed by atoms with E-state index in [-0.39, 0.29) is 24.3 Å². The fourth-order valence-corrected chi connectivity index (χ4v) is 2.44. The van der Waals surface area contributed by atoms with Gasteiger partial charge in [0, 0.05) is 6.54 Å². The predicted octanol–water partition coefficient (Wildman–Crippen LogP) is 2.43. The Labute approximate surface area is 122 Å². The van der Waals surface area contributed by atoms with Crippen LogP contribution in [0.4, 0.5) is 0 Å². The first kappa shape index (κ1) is 16.2. The zero-order valence-corrected chi connectivity index (χ0v) is 13.4. The number of carbonyl (C=O) groups is 1. The second-order valence-electron chi connectivity index (χ2n) is 5.12. The minimum atomic E-state index is -0.531. The molecule has 0 aliphatic carbocycles. The molecule has 0 saturated carbocycles. The molecule has 1 aromatic rings. The lowest BCUT2D eigenvalue weighted by Crippen LogP contribution is -2.35. The average Bonchev–Trinajstić information content (AvgIpc) is 2.76. The van der Waals surface area contributed by atoms with Crippen molar-refractivity contribution in [2.24, 2.45) is 5.92 Å². The highest BCUT2D eigenvalue weighted by Crippen LogP contribution is 2.25. The molecule has 19 heavy (non-hydrogen) atoms. The number of nitrogens with zero attached hydrogens (tertiary/aromatic N) is 1. The third kappa shape index (κ3) is 4.04. The highest BCUT2D eigenvalue weighted by molar-refractivity contribution is 9.10. The van der Waals surface area contributed by atoms with Crippen molar-refractivity contribution < 1.29 is 9.90 Å². The van der Waals surface area contributed by atoms with E-state index in [0.29, 0.717) is 10.2 Å². The summed E-state index contributed by atoms with van der Waals surface area (Å²) in [5.41, 5.74) is 1.23. The number of H-pyrrole nitrogens is 1. The van der Waals surface area contributed by atoms with Crippen LogP contribution in [0.25, 0.3) is 0 Å². The first-order valence-electron chi connectivity index (χ1n) is 6.58. The summed E-state index contributed by atoms with van der Waals surface area (Å²) in [5, 5.41) is 19.4. The van der Waals surface area contributed by atoms with Crippen molar-refractivity contribution >= 4 is 21.8 Å². The van der Waals surface area contributed by atoms with Crippen LogP contribution in [0.5, 0.6) is 0 Å². The zero-order valence-electron chi connectivity index (χ0n) is 11.8. The van der Waals surface area contributed by atoms with Gasteiger partial charge in [0.05, 0.1) is 16.3 Å². The van der Waals surface area contributed by atoms with Crippen LogP contribution in [0.3, 0.4) is 0 Å². The maximum absolute atomic E-state index is 12.0. The van der Waals surface area contributed by atoms with Gasteiger partial charge in [-0.1, -0.05) is 34.1 Å². The van der Waals surface area contributed by atoms with Gasteiger partial charge in [0.15, 0.2) is 5.69 Å². The van der Waals surface area contributed by atoms with E-state index in [4.69, 9.17) is 0 Å². The van der Waals surface area contributed by atoms with Crippen LogP contribution in [0, 0.1) is 5.92 Å². The Morgan fingerprint density at radius 2 is 2.11 bits per heavy atom. The predicted molar refractivity (Wildman–Crippen MR) is 78.2 cm³/mol. The van der Waals surface area contributed by atoms with E-state index in [1.165, 1.54) is 0 Å². The largest absolute Gasteiger partial charge is 0.391 e. The highest BCUT2D eigenvalue weighted by Gasteiger charge is 2.20. The van der Waals surface area contributed by atoms with E-state index in [9.17, 15) is 9.90 Å². The van der Waals surface area contributed by atoms with Crippen molar-refractivity contribution in [2.45, 2.75) is 46.1 Å².